The fraction of sp³-hybridized carbons (Fsp3) is 0.200. The van der Waals surface area contributed by atoms with Crippen LogP contribution < -0.4 is 4.72 Å². The fourth-order valence-electron chi connectivity index (χ4n) is 1.92. The minimum Gasteiger partial charge on any atom is -0.211 e. The van der Waals surface area contributed by atoms with Crippen LogP contribution in [0.25, 0.3) is 0 Å². The fourth-order valence-corrected chi connectivity index (χ4v) is 3.73. The van der Waals surface area contributed by atoms with E-state index in [9.17, 15) is 8.42 Å². The van der Waals surface area contributed by atoms with Gasteiger partial charge in [-0.15, -0.1) is 0 Å². The Hall–Kier alpha value is -1.17. The molecule has 0 heterocycles. The Morgan fingerprint density at radius 1 is 1.10 bits per heavy atom. The van der Waals surface area contributed by atoms with Crippen LogP contribution in [-0.4, -0.2) is 15.0 Å². The second kappa shape index (κ2) is 6.52. The van der Waals surface area contributed by atoms with Gasteiger partial charge in [-0.2, -0.15) is 0 Å². The van der Waals surface area contributed by atoms with Crippen LogP contribution >= 0.6 is 15.9 Å². The van der Waals surface area contributed by atoms with Gasteiger partial charge in [0.2, 0.25) is 10.0 Å². The van der Waals surface area contributed by atoms with Gasteiger partial charge in [-0.25, -0.2) is 13.1 Å². The monoisotopic (exact) mass is 353 g/mol. The van der Waals surface area contributed by atoms with Crippen molar-refractivity contribution in [3.63, 3.8) is 0 Å². The van der Waals surface area contributed by atoms with Crippen molar-refractivity contribution in [1.82, 2.24) is 4.72 Å². The van der Waals surface area contributed by atoms with E-state index in [-0.39, 0.29) is 0 Å². The quantitative estimate of drug-likeness (QED) is 0.896. The van der Waals surface area contributed by atoms with Crippen molar-refractivity contribution >= 4 is 26.0 Å². The molecule has 0 saturated heterocycles. The predicted octanol–water partition coefficient (Wildman–Crippen LogP) is 3.28. The number of nitrogens with one attached hydrogen (secondary N) is 1. The standard InChI is InChI=1S/C15H16BrNO2S/c1-12-7-8-14(16)11-15(12)20(18,19)17-10-9-13-5-3-2-4-6-13/h2-8,11,17H,9-10H2,1H3. The summed E-state index contributed by atoms with van der Waals surface area (Å²) in [4.78, 5) is 0.319. The lowest BCUT2D eigenvalue weighted by atomic mass is 10.2. The third-order valence-corrected chi connectivity index (χ3v) is 5.08. The number of sulfonamides is 1. The van der Waals surface area contributed by atoms with Crippen LogP contribution in [0.2, 0.25) is 0 Å². The minimum atomic E-state index is -3.46. The molecule has 0 aromatic heterocycles. The van der Waals surface area contributed by atoms with Gasteiger partial charge in [0.15, 0.2) is 0 Å². The van der Waals surface area contributed by atoms with Crippen LogP contribution in [0.5, 0.6) is 0 Å². The van der Waals surface area contributed by atoms with Crippen molar-refractivity contribution in [3.05, 3.63) is 64.1 Å². The molecule has 0 bridgehead atoms. The summed E-state index contributed by atoms with van der Waals surface area (Å²) in [6, 6.07) is 15.1. The molecule has 20 heavy (non-hydrogen) atoms. The van der Waals surface area contributed by atoms with Crippen LogP contribution in [0, 0.1) is 6.92 Å². The molecule has 0 aliphatic rings. The summed E-state index contributed by atoms with van der Waals surface area (Å²) in [5.41, 5.74) is 1.85. The molecule has 0 saturated carbocycles. The Morgan fingerprint density at radius 3 is 2.50 bits per heavy atom. The summed E-state index contributed by atoms with van der Waals surface area (Å²) < 4.78 is 27.9. The van der Waals surface area contributed by atoms with Gasteiger partial charge in [0, 0.05) is 11.0 Å². The minimum absolute atomic E-state index is 0.319. The maximum absolute atomic E-state index is 12.3. The Kier molecular flexibility index (Phi) is 4.96. The summed E-state index contributed by atoms with van der Waals surface area (Å²) >= 11 is 3.30. The number of halogens is 1. The number of hydrogen-bond donors (Lipinski definition) is 1. The zero-order valence-corrected chi connectivity index (χ0v) is 13.5. The molecule has 0 unspecified atom stereocenters. The molecule has 0 spiro atoms. The molecular weight excluding hydrogens is 338 g/mol. The average molecular weight is 354 g/mol. The normalized spacial score (nSPS) is 11.5. The van der Waals surface area contributed by atoms with Crippen LogP contribution in [0.4, 0.5) is 0 Å². The molecule has 2 aromatic rings. The van der Waals surface area contributed by atoms with E-state index in [1.807, 2.05) is 36.4 Å². The Morgan fingerprint density at radius 2 is 1.80 bits per heavy atom. The average Bonchev–Trinajstić information content (AvgIpc) is 2.42. The number of rotatable bonds is 5. The predicted molar refractivity (Wildman–Crippen MR) is 84.2 cm³/mol. The molecule has 2 aromatic carbocycles. The maximum Gasteiger partial charge on any atom is 0.240 e. The molecule has 0 aliphatic carbocycles. The van der Waals surface area contributed by atoms with Crippen LogP contribution in [-0.2, 0) is 16.4 Å². The van der Waals surface area contributed by atoms with Crippen LogP contribution in [0.1, 0.15) is 11.1 Å². The molecule has 0 aliphatic heterocycles. The summed E-state index contributed by atoms with van der Waals surface area (Å²) in [5, 5.41) is 0. The Bertz CT molecular complexity index is 684. The topological polar surface area (TPSA) is 46.2 Å². The molecule has 2 rings (SSSR count). The SMILES string of the molecule is Cc1ccc(Br)cc1S(=O)(=O)NCCc1ccccc1. The van der Waals surface area contributed by atoms with E-state index in [4.69, 9.17) is 0 Å². The molecule has 0 amide bonds. The first kappa shape index (κ1) is 15.2. The van der Waals surface area contributed by atoms with E-state index in [2.05, 4.69) is 20.7 Å². The van der Waals surface area contributed by atoms with E-state index < -0.39 is 10.0 Å². The first-order chi connectivity index (χ1) is 9.49. The van der Waals surface area contributed by atoms with Crippen LogP contribution in [0.3, 0.4) is 0 Å². The zero-order chi connectivity index (χ0) is 14.6. The van der Waals surface area contributed by atoms with E-state index in [1.54, 1.807) is 19.1 Å². The van der Waals surface area contributed by atoms with Crippen molar-refractivity contribution in [2.24, 2.45) is 0 Å². The molecular formula is C15H16BrNO2S. The van der Waals surface area contributed by atoms with Gasteiger partial charge in [-0.05, 0) is 36.6 Å². The van der Waals surface area contributed by atoms with Crippen molar-refractivity contribution < 1.29 is 8.42 Å². The van der Waals surface area contributed by atoms with Crippen molar-refractivity contribution in [1.29, 1.82) is 0 Å². The first-order valence-corrected chi connectivity index (χ1v) is 8.56. The lowest BCUT2D eigenvalue weighted by molar-refractivity contribution is 0.581. The number of hydrogen-bond acceptors (Lipinski definition) is 2. The molecule has 5 heteroatoms. The third-order valence-electron chi connectivity index (χ3n) is 2.99. The van der Waals surface area contributed by atoms with Gasteiger partial charge in [0.25, 0.3) is 0 Å². The highest BCUT2D eigenvalue weighted by molar-refractivity contribution is 9.10. The number of benzene rings is 2. The highest BCUT2D eigenvalue weighted by Crippen LogP contribution is 2.20. The first-order valence-electron chi connectivity index (χ1n) is 6.29. The zero-order valence-electron chi connectivity index (χ0n) is 11.1. The molecule has 3 nitrogen and oxygen atoms in total. The molecule has 0 atom stereocenters. The van der Waals surface area contributed by atoms with Crippen molar-refractivity contribution in [3.8, 4) is 0 Å². The van der Waals surface area contributed by atoms with E-state index in [0.29, 0.717) is 17.9 Å². The van der Waals surface area contributed by atoms with Crippen molar-refractivity contribution in [2.75, 3.05) is 6.54 Å². The van der Waals surface area contributed by atoms with Gasteiger partial charge in [0.1, 0.15) is 0 Å². The van der Waals surface area contributed by atoms with Crippen LogP contribution in [0.15, 0.2) is 57.9 Å². The van der Waals surface area contributed by atoms with E-state index >= 15 is 0 Å². The smallest absolute Gasteiger partial charge is 0.211 e. The summed E-state index contributed by atoms with van der Waals surface area (Å²) in [5.74, 6) is 0. The Balaban J connectivity index is 2.06. The highest BCUT2D eigenvalue weighted by Gasteiger charge is 2.16. The van der Waals surface area contributed by atoms with Gasteiger partial charge < -0.3 is 0 Å². The van der Waals surface area contributed by atoms with E-state index in [0.717, 1.165) is 15.6 Å². The summed E-state index contributed by atoms with van der Waals surface area (Å²) in [7, 11) is -3.46. The van der Waals surface area contributed by atoms with E-state index in [1.165, 1.54) is 0 Å². The molecule has 1 N–H and O–H groups in total. The second-order valence-corrected chi connectivity index (χ2v) is 7.19. The largest absolute Gasteiger partial charge is 0.240 e. The Labute approximate surface area is 128 Å². The second-order valence-electron chi connectivity index (χ2n) is 4.54. The summed E-state index contributed by atoms with van der Waals surface area (Å²) in [6.07, 6.45) is 0.674. The van der Waals surface area contributed by atoms with Gasteiger partial charge >= 0.3 is 0 Å². The molecule has 106 valence electrons. The van der Waals surface area contributed by atoms with Crippen molar-refractivity contribution in [2.45, 2.75) is 18.2 Å². The summed E-state index contributed by atoms with van der Waals surface area (Å²) in [6.45, 7) is 2.18. The van der Waals surface area contributed by atoms with Gasteiger partial charge in [-0.3, -0.25) is 0 Å². The molecule has 0 fully saturated rings. The molecule has 0 radical (unpaired) electrons. The highest BCUT2D eigenvalue weighted by atomic mass is 79.9. The van der Waals surface area contributed by atoms with Gasteiger partial charge in [-0.1, -0.05) is 52.3 Å². The maximum atomic E-state index is 12.3. The van der Waals surface area contributed by atoms with Gasteiger partial charge in [0.05, 0.1) is 4.90 Å². The lowest BCUT2D eigenvalue weighted by Crippen LogP contribution is -2.26. The lowest BCUT2D eigenvalue weighted by Gasteiger charge is -2.09. The number of aryl methyl sites for hydroxylation is 1. The third kappa shape index (κ3) is 3.91.